The van der Waals surface area contributed by atoms with E-state index in [0.29, 0.717) is 53.6 Å². The molecule has 2 aromatic carbocycles. The molecule has 0 saturated carbocycles. The van der Waals surface area contributed by atoms with Crippen LogP contribution in [-0.2, 0) is 6.42 Å². The fourth-order valence-electron chi connectivity index (χ4n) is 4.47. The van der Waals surface area contributed by atoms with Crippen LogP contribution in [0.25, 0.3) is 22.7 Å². The van der Waals surface area contributed by atoms with Gasteiger partial charge in [0.25, 0.3) is 0 Å². The molecule has 1 saturated heterocycles. The summed E-state index contributed by atoms with van der Waals surface area (Å²) in [6.45, 7) is 1.03. The fraction of sp³-hybridized carbons (Fsp3) is 0.292. The Balaban J connectivity index is 1.50. The number of furan rings is 1. The third kappa shape index (κ3) is 3.47. The minimum Gasteiger partial charge on any atom is -0.504 e. The topological polar surface area (TPSA) is 108 Å². The van der Waals surface area contributed by atoms with Gasteiger partial charge in [-0.25, -0.2) is 4.79 Å². The number of piperidine rings is 1. The Morgan fingerprint density at radius 2 is 2.00 bits per heavy atom. The molecule has 32 heavy (non-hydrogen) atoms. The van der Waals surface area contributed by atoms with Crippen LogP contribution in [0.2, 0.25) is 0 Å². The highest BCUT2D eigenvalue weighted by molar-refractivity contribution is 5.95. The lowest BCUT2D eigenvalue weighted by atomic mass is 9.89. The molecule has 2 aliphatic heterocycles. The summed E-state index contributed by atoms with van der Waals surface area (Å²) in [7, 11) is 1.61. The van der Waals surface area contributed by atoms with Crippen LogP contribution < -0.4 is 4.74 Å². The lowest BCUT2D eigenvalue weighted by Crippen LogP contribution is -2.37. The quantitative estimate of drug-likeness (QED) is 0.551. The highest BCUT2D eigenvalue weighted by Crippen LogP contribution is 2.42. The number of hydrogen-bond acceptors (Lipinski definition) is 6. The van der Waals surface area contributed by atoms with Crippen molar-refractivity contribution in [2.45, 2.75) is 19.3 Å². The first-order valence-corrected chi connectivity index (χ1v) is 10.6. The zero-order valence-corrected chi connectivity index (χ0v) is 17.6. The molecule has 2 N–H and O–H groups in total. The van der Waals surface area contributed by atoms with Crippen molar-refractivity contribution in [3.8, 4) is 11.5 Å². The van der Waals surface area contributed by atoms with Crippen LogP contribution in [0.3, 0.4) is 0 Å². The number of carboxylic acid groups (broad SMARTS) is 1. The highest BCUT2D eigenvalue weighted by Gasteiger charge is 2.26. The van der Waals surface area contributed by atoms with Crippen LogP contribution in [-0.4, -0.2) is 41.4 Å². The SMILES string of the molecule is COc1ccc2c(O)c(C=C3N=Nc4ccccc43)oc2c1CC1CCN(C(=O)O)CC1. The second-order valence-corrected chi connectivity index (χ2v) is 8.10. The molecule has 8 heteroatoms. The molecule has 8 nitrogen and oxygen atoms in total. The van der Waals surface area contributed by atoms with Crippen molar-refractivity contribution in [1.29, 1.82) is 0 Å². The second kappa shape index (κ2) is 8.03. The van der Waals surface area contributed by atoms with Gasteiger partial charge in [0.1, 0.15) is 11.3 Å². The predicted octanol–water partition coefficient (Wildman–Crippen LogP) is 5.67. The van der Waals surface area contributed by atoms with Gasteiger partial charge in [-0.05, 0) is 43.4 Å². The smallest absolute Gasteiger partial charge is 0.407 e. The van der Waals surface area contributed by atoms with E-state index in [4.69, 9.17) is 9.15 Å². The largest absolute Gasteiger partial charge is 0.504 e. The molecular formula is C24H23N3O5. The number of amides is 1. The Labute approximate surface area is 184 Å². The summed E-state index contributed by atoms with van der Waals surface area (Å²) in [6.07, 6.45) is 3.05. The molecule has 1 aromatic heterocycles. The number of hydrogen-bond donors (Lipinski definition) is 2. The van der Waals surface area contributed by atoms with E-state index in [1.807, 2.05) is 30.3 Å². The maximum Gasteiger partial charge on any atom is 0.407 e. The summed E-state index contributed by atoms with van der Waals surface area (Å²) in [5.74, 6) is 1.37. The highest BCUT2D eigenvalue weighted by atomic mass is 16.5. The zero-order chi connectivity index (χ0) is 22.2. The number of rotatable bonds is 4. The van der Waals surface area contributed by atoms with E-state index in [1.54, 1.807) is 19.3 Å². The standard InChI is InChI=1S/C24H23N3O5/c1-31-20-7-6-16-22(28)21(13-19-15-4-2-3-5-18(15)25-26-19)32-23(16)17(20)12-14-8-10-27(11-9-14)24(29)30/h2-7,13-14,28H,8-12H2,1H3,(H,29,30). The van der Waals surface area contributed by atoms with Gasteiger partial charge in [-0.15, -0.1) is 10.2 Å². The first kappa shape index (κ1) is 20.1. The van der Waals surface area contributed by atoms with Crippen LogP contribution in [0.5, 0.6) is 11.5 Å². The zero-order valence-electron chi connectivity index (χ0n) is 17.6. The van der Waals surface area contributed by atoms with Crippen LogP contribution in [0.4, 0.5) is 10.5 Å². The van der Waals surface area contributed by atoms with E-state index in [1.165, 1.54) is 4.90 Å². The summed E-state index contributed by atoms with van der Waals surface area (Å²) in [4.78, 5) is 12.6. The van der Waals surface area contributed by atoms with Gasteiger partial charge in [-0.2, -0.15) is 0 Å². The van der Waals surface area contributed by atoms with Crippen molar-refractivity contribution < 1.29 is 24.2 Å². The number of methoxy groups -OCH3 is 1. The minimum absolute atomic E-state index is 0.0525. The Hall–Kier alpha value is -3.81. The van der Waals surface area contributed by atoms with Gasteiger partial charge < -0.3 is 24.3 Å². The first-order valence-electron chi connectivity index (χ1n) is 10.6. The average molecular weight is 433 g/mol. The van der Waals surface area contributed by atoms with Gasteiger partial charge in [0.15, 0.2) is 11.5 Å². The van der Waals surface area contributed by atoms with Crippen molar-refractivity contribution in [1.82, 2.24) is 4.90 Å². The lowest BCUT2D eigenvalue weighted by Gasteiger charge is -2.30. The molecule has 1 fully saturated rings. The molecule has 1 amide bonds. The maximum atomic E-state index is 11.2. The third-order valence-corrected chi connectivity index (χ3v) is 6.23. The van der Waals surface area contributed by atoms with E-state index in [9.17, 15) is 15.0 Å². The Kier molecular flexibility index (Phi) is 5.05. The van der Waals surface area contributed by atoms with Crippen molar-refractivity contribution in [2.75, 3.05) is 20.2 Å². The van der Waals surface area contributed by atoms with Gasteiger partial charge in [-0.1, -0.05) is 18.2 Å². The molecule has 3 heterocycles. The van der Waals surface area contributed by atoms with Crippen LogP contribution >= 0.6 is 0 Å². The van der Waals surface area contributed by atoms with E-state index < -0.39 is 6.09 Å². The Morgan fingerprint density at radius 1 is 1.22 bits per heavy atom. The van der Waals surface area contributed by atoms with Crippen LogP contribution in [0.15, 0.2) is 51.0 Å². The Bertz CT molecular complexity index is 1250. The van der Waals surface area contributed by atoms with Crippen molar-refractivity contribution in [2.24, 2.45) is 16.1 Å². The number of azo groups is 1. The summed E-state index contributed by atoms with van der Waals surface area (Å²) in [5, 5.41) is 29.1. The molecule has 164 valence electrons. The van der Waals surface area contributed by atoms with Crippen LogP contribution in [0.1, 0.15) is 29.7 Å². The number of ether oxygens (including phenoxy) is 1. The van der Waals surface area contributed by atoms with E-state index >= 15 is 0 Å². The maximum absolute atomic E-state index is 11.2. The molecule has 5 rings (SSSR count). The van der Waals surface area contributed by atoms with Gasteiger partial charge in [0, 0.05) is 30.3 Å². The number of benzene rings is 2. The van der Waals surface area contributed by atoms with E-state index in [2.05, 4.69) is 10.2 Å². The van der Waals surface area contributed by atoms with Gasteiger partial charge in [-0.3, -0.25) is 0 Å². The molecular weight excluding hydrogens is 410 g/mol. The van der Waals surface area contributed by atoms with Gasteiger partial charge in [0.05, 0.1) is 23.9 Å². The molecule has 3 aromatic rings. The lowest BCUT2D eigenvalue weighted by molar-refractivity contribution is 0.124. The number of carbonyl (C=O) groups is 1. The van der Waals surface area contributed by atoms with Crippen molar-refractivity contribution in [3.05, 3.63) is 53.3 Å². The molecule has 0 bridgehead atoms. The average Bonchev–Trinajstić information content (AvgIpc) is 3.36. The summed E-state index contributed by atoms with van der Waals surface area (Å²) in [6, 6.07) is 11.3. The predicted molar refractivity (Wildman–Crippen MR) is 119 cm³/mol. The molecule has 0 radical (unpaired) electrons. The summed E-state index contributed by atoms with van der Waals surface area (Å²) >= 11 is 0. The second-order valence-electron chi connectivity index (χ2n) is 8.10. The first-order chi connectivity index (χ1) is 15.5. The number of aromatic hydroxyl groups is 1. The summed E-state index contributed by atoms with van der Waals surface area (Å²) in [5.41, 5.74) is 3.76. The normalized spacial score (nSPS) is 17.3. The van der Waals surface area contributed by atoms with Crippen LogP contribution in [0, 0.1) is 5.92 Å². The molecule has 0 aliphatic carbocycles. The fourth-order valence-corrected chi connectivity index (χ4v) is 4.47. The number of nitrogens with zero attached hydrogens (tertiary/aromatic N) is 3. The van der Waals surface area contributed by atoms with Gasteiger partial charge in [0.2, 0.25) is 0 Å². The van der Waals surface area contributed by atoms with Crippen molar-refractivity contribution in [3.63, 3.8) is 0 Å². The molecule has 0 unspecified atom stereocenters. The third-order valence-electron chi connectivity index (χ3n) is 6.23. The van der Waals surface area contributed by atoms with Gasteiger partial charge >= 0.3 is 6.09 Å². The monoisotopic (exact) mass is 433 g/mol. The molecule has 0 atom stereocenters. The number of likely N-dealkylation sites (tertiary alicyclic amines) is 1. The van der Waals surface area contributed by atoms with Crippen molar-refractivity contribution >= 4 is 34.5 Å². The minimum atomic E-state index is -0.873. The van der Waals surface area contributed by atoms with E-state index in [-0.39, 0.29) is 5.75 Å². The molecule has 0 spiro atoms. The summed E-state index contributed by atoms with van der Waals surface area (Å²) < 4.78 is 11.7. The Morgan fingerprint density at radius 3 is 2.75 bits per heavy atom. The van der Waals surface area contributed by atoms with E-state index in [0.717, 1.165) is 29.7 Å². The molecule has 2 aliphatic rings. The number of fused-ring (bicyclic) bond motifs is 2.